The smallest absolute Gasteiger partial charge is 0.294 e. The van der Waals surface area contributed by atoms with Crippen LogP contribution < -0.4 is 5.32 Å². The Bertz CT molecular complexity index is 455. The first kappa shape index (κ1) is 13.6. The normalized spacial score (nSPS) is 10.4. The van der Waals surface area contributed by atoms with Gasteiger partial charge in [0.15, 0.2) is 0 Å². The van der Waals surface area contributed by atoms with Crippen molar-refractivity contribution in [3.8, 4) is 0 Å². The molecule has 17 heavy (non-hydrogen) atoms. The van der Waals surface area contributed by atoms with Crippen LogP contribution in [0, 0.1) is 16.0 Å². The zero-order chi connectivity index (χ0) is 13.2. The molecule has 1 heterocycles. The zero-order valence-corrected chi connectivity index (χ0v) is 10.4. The summed E-state index contributed by atoms with van der Waals surface area (Å²) in [4.78, 5) is 28.3. The molecule has 1 N–H and O–H groups in total. The highest BCUT2D eigenvalue weighted by molar-refractivity contribution is 6.36. The number of rotatable bonds is 3. The van der Waals surface area contributed by atoms with Gasteiger partial charge in [0.05, 0.1) is 4.92 Å². The molecule has 0 radical (unpaired) electrons. The molecule has 0 saturated heterocycles. The summed E-state index contributed by atoms with van der Waals surface area (Å²) in [5.74, 6) is -0.790. The SMILES string of the molecule is CC(C)C(=O)Nc1nc(Cl)c([N+](=O)[O-])c(Cl)n1. The van der Waals surface area contributed by atoms with Crippen LogP contribution >= 0.6 is 23.2 Å². The number of nitro groups is 1. The van der Waals surface area contributed by atoms with E-state index in [1.165, 1.54) is 0 Å². The van der Waals surface area contributed by atoms with Crippen LogP contribution in [0.5, 0.6) is 0 Å². The minimum absolute atomic E-state index is 0.163. The number of nitrogens with zero attached hydrogens (tertiary/aromatic N) is 3. The predicted octanol–water partition coefficient (Wildman–Crippen LogP) is 2.29. The predicted molar refractivity (Wildman–Crippen MR) is 62.2 cm³/mol. The van der Waals surface area contributed by atoms with Gasteiger partial charge in [-0.2, -0.15) is 9.97 Å². The third kappa shape index (κ3) is 3.24. The van der Waals surface area contributed by atoms with Gasteiger partial charge in [0.2, 0.25) is 22.2 Å². The van der Waals surface area contributed by atoms with E-state index in [9.17, 15) is 14.9 Å². The molecule has 1 aromatic rings. The van der Waals surface area contributed by atoms with Gasteiger partial charge >= 0.3 is 5.69 Å². The van der Waals surface area contributed by atoms with Gasteiger partial charge < -0.3 is 0 Å². The Hall–Kier alpha value is -1.47. The third-order valence-corrected chi connectivity index (χ3v) is 2.27. The minimum atomic E-state index is -0.793. The molecule has 0 aliphatic heterocycles. The minimum Gasteiger partial charge on any atom is -0.294 e. The van der Waals surface area contributed by atoms with Crippen molar-refractivity contribution in [2.75, 3.05) is 5.32 Å². The van der Waals surface area contributed by atoms with Crippen molar-refractivity contribution in [1.29, 1.82) is 0 Å². The zero-order valence-electron chi connectivity index (χ0n) is 8.90. The Morgan fingerprint density at radius 1 is 1.35 bits per heavy atom. The fourth-order valence-corrected chi connectivity index (χ4v) is 1.39. The van der Waals surface area contributed by atoms with E-state index in [4.69, 9.17) is 23.2 Å². The van der Waals surface area contributed by atoms with E-state index in [1.807, 2.05) is 0 Å². The topological polar surface area (TPSA) is 98.0 Å². The molecule has 0 aliphatic rings. The summed E-state index contributed by atoms with van der Waals surface area (Å²) in [5, 5.41) is 12.0. The lowest BCUT2D eigenvalue weighted by Crippen LogP contribution is -2.19. The number of anilines is 1. The second-order valence-corrected chi connectivity index (χ2v) is 4.09. The first-order chi connectivity index (χ1) is 7.82. The van der Waals surface area contributed by atoms with E-state index in [0.717, 1.165) is 0 Å². The van der Waals surface area contributed by atoms with Crippen molar-refractivity contribution < 1.29 is 9.72 Å². The first-order valence-corrected chi connectivity index (χ1v) is 5.26. The van der Waals surface area contributed by atoms with Crippen molar-refractivity contribution in [2.24, 2.45) is 5.92 Å². The summed E-state index contributed by atoms with van der Waals surface area (Å²) in [7, 11) is 0. The highest BCUT2D eigenvalue weighted by Crippen LogP contribution is 2.30. The Labute approximate surface area is 106 Å². The molecule has 1 amide bonds. The number of hydrogen-bond acceptors (Lipinski definition) is 5. The maximum absolute atomic E-state index is 11.3. The van der Waals surface area contributed by atoms with Gasteiger partial charge in [-0.05, 0) is 0 Å². The molecule has 9 heteroatoms. The molecule has 0 aliphatic carbocycles. The molecule has 0 fully saturated rings. The van der Waals surface area contributed by atoms with Crippen LogP contribution in [0.25, 0.3) is 0 Å². The van der Waals surface area contributed by atoms with Crippen molar-refractivity contribution in [3.63, 3.8) is 0 Å². The average molecular weight is 279 g/mol. The molecule has 0 aromatic carbocycles. The number of hydrogen-bond donors (Lipinski definition) is 1. The fraction of sp³-hybridized carbons (Fsp3) is 0.375. The third-order valence-electron chi connectivity index (χ3n) is 1.74. The Kier molecular flexibility index (Phi) is 4.19. The summed E-state index contributed by atoms with van der Waals surface area (Å²) in [6.45, 7) is 3.34. The Morgan fingerprint density at radius 2 is 1.82 bits per heavy atom. The van der Waals surface area contributed by atoms with Crippen molar-refractivity contribution in [1.82, 2.24) is 9.97 Å². The fourth-order valence-electron chi connectivity index (χ4n) is 0.863. The number of halogens is 2. The second-order valence-electron chi connectivity index (χ2n) is 3.38. The van der Waals surface area contributed by atoms with Crippen LogP contribution in [-0.2, 0) is 4.79 Å². The van der Waals surface area contributed by atoms with Gasteiger partial charge in [0.1, 0.15) is 0 Å². The summed E-state index contributed by atoms with van der Waals surface area (Å²) >= 11 is 11.1. The van der Waals surface area contributed by atoms with Gasteiger partial charge in [-0.15, -0.1) is 0 Å². The van der Waals surface area contributed by atoms with Crippen LogP contribution in [0.2, 0.25) is 10.3 Å². The number of carbonyl (C=O) groups is 1. The lowest BCUT2D eigenvalue weighted by molar-refractivity contribution is -0.385. The highest BCUT2D eigenvalue weighted by Gasteiger charge is 2.23. The lowest BCUT2D eigenvalue weighted by Gasteiger charge is -2.06. The summed E-state index contributed by atoms with van der Waals surface area (Å²) in [6.07, 6.45) is 0. The number of nitrogens with one attached hydrogen (secondary N) is 1. The number of carbonyl (C=O) groups excluding carboxylic acids is 1. The van der Waals surface area contributed by atoms with Gasteiger partial charge in [-0.1, -0.05) is 37.0 Å². The molecule has 7 nitrogen and oxygen atoms in total. The molecule has 92 valence electrons. The molecular weight excluding hydrogens is 271 g/mol. The van der Waals surface area contributed by atoms with E-state index in [1.54, 1.807) is 13.8 Å². The summed E-state index contributed by atoms with van der Waals surface area (Å²) in [5.41, 5.74) is -0.587. The van der Waals surface area contributed by atoms with Crippen LogP contribution in [0.3, 0.4) is 0 Å². The van der Waals surface area contributed by atoms with E-state index in [0.29, 0.717) is 0 Å². The molecule has 0 spiro atoms. The monoisotopic (exact) mass is 278 g/mol. The summed E-state index contributed by atoms with van der Waals surface area (Å²) in [6, 6.07) is 0. The van der Waals surface area contributed by atoms with E-state index in [2.05, 4.69) is 15.3 Å². The van der Waals surface area contributed by atoms with Crippen LogP contribution in [0.15, 0.2) is 0 Å². The highest BCUT2D eigenvalue weighted by atomic mass is 35.5. The molecule has 0 unspecified atom stereocenters. The first-order valence-electron chi connectivity index (χ1n) is 4.51. The molecule has 1 aromatic heterocycles. The van der Waals surface area contributed by atoms with Gasteiger partial charge in [0.25, 0.3) is 0 Å². The summed E-state index contributed by atoms with van der Waals surface area (Å²) < 4.78 is 0. The van der Waals surface area contributed by atoms with Crippen molar-refractivity contribution >= 4 is 40.7 Å². The van der Waals surface area contributed by atoms with Crippen LogP contribution in [0.1, 0.15) is 13.8 Å². The maximum atomic E-state index is 11.3. The standard InChI is InChI=1S/C8H8Cl2N4O3/c1-3(2)7(15)13-8-11-5(9)4(14(16)17)6(10)12-8/h3H,1-2H3,(H,11,12,13,15). The number of aromatic nitrogens is 2. The molecule has 1 rings (SSSR count). The molecular formula is C8H8Cl2N4O3. The quantitative estimate of drug-likeness (QED) is 0.520. The van der Waals surface area contributed by atoms with Gasteiger partial charge in [0, 0.05) is 5.92 Å². The molecule has 0 saturated carbocycles. The molecule has 0 bridgehead atoms. The Morgan fingerprint density at radius 3 is 2.18 bits per heavy atom. The Balaban J connectivity index is 3.07. The maximum Gasteiger partial charge on any atom is 0.343 e. The van der Waals surface area contributed by atoms with E-state index in [-0.39, 0.29) is 17.8 Å². The van der Waals surface area contributed by atoms with Gasteiger partial charge in [-0.25, -0.2) is 0 Å². The largest absolute Gasteiger partial charge is 0.343 e. The van der Waals surface area contributed by atoms with Crippen LogP contribution in [0.4, 0.5) is 11.6 Å². The van der Waals surface area contributed by atoms with E-state index >= 15 is 0 Å². The van der Waals surface area contributed by atoms with Crippen LogP contribution in [-0.4, -0.2) is 20.8 Å². The number of amides is 1. The lowest BCUT2D eigenvalue weighted by atomic mass is 10.2. The van der Waals surface area contributed by atoms with E-state index < -0.39 is 20.9 Å². The average Bonchev–Trinajstić information content (AvgIpc) is 2.15. The van der Waals surface area contributed by atoms with Crippen molar-refractivity contribution in [2.45, 2.75) is 13.8 Å². The van der Waals surface area contributed by atoms with Crippen molar-refractivity contribution in [3.05, 3.63) is 20.4 Å². The van der Waals surface area contributed by atoms with Gasteiger partial charge in [-0.3, -0.25) is 20.2 Å². The molecule has 0 atom stereocenters. The second kappa shape index (κ2) is 5.24.